The number of ether oxygens (including phenoxy) is 1. The Hall–Kier alpha value is -4.52. The van der Waals surface area contributed by atoms with Gasteiger partial charge in [-0.15, -0.1) is 20.3 Å². The first-order chi connectivity index (χ1) is 22.1. The molecular formula is C28H36N7O10S2+. The van der Waals surface area contributed by atoms with Crippen LogP contribution in [0, 0.1) is 5.92 Å². The van der Waals surface area contributed by atoms with Gasteiger partial charge in [0.15, 0.2) is 29.8 Å². The molecule has 4 rings (SSSR count). The van der Waals surface area contributed by atoms with Gasteiger partial charge in [-0.1, -0.05) is 17.3 Å². The van der Waals surface area contributed by atoms with Crippen molar-refractivity contribution in [2.75, 3.05) is 18.9 Å². The summed E-state index contributed by atoms with van der Waals surface area (Å²) in [6.07, 6.45) is 4.32. The summed E-state index contributed by atoms with van der Waals surface area (Å²) in [6.45, 7) is 6.28. The monoisotopic (exact) mass is 694 g/mol. The predicted molar refractivity (Wildman–Crippen MR) is 166 cm³/mol. The molecule has 5 N–H and O–H groups in total. The molecule has 47 heavy (non-hydrogen) atoms. The van der Waals surface area contributed by atoms with E-state index in [4.69, 9.17) is 35.2 Å². The van der Waals surface area contributed by atoms with Crippen LogP contribution in [0.2, 0.25) is 0 Å². The number of aryl methyl sites for hydroxylation is 2. The van der Waals surface area contributed by atoms with Crippen molar-refractivity contribution in [2.24, 2.45) is 23.9 Å². The fourth-order valence-corrected chi connectivity index (χ4v) is 5.60. The third kappa shape index (κ3) is 9.74. The molecule has 2 atom stereocenters. The lowest BCUT2D eigenvalue weighted by atomic mass is 9.74. The number of β-lactam (4-membered cyclic amide) rings is 1. The number of Topliss-reactive ketones (excluding diaryl/α,β-unsaturated/α-hetero) is 1. The van der Waals surface area contributed by atoms with Gasteiger partial charge in [-0.05, 0) is 51.4 Å². The molecule has 254 valence electrons. The first kappa shape index (κ1) is 36.9. The SMILES string of the molecule is C[C@H](COc1ccc(-c2cn(CCCN)[n+](C)c2)cc1)O/N=C(\C(=O)C[C@@H]1C(=O)N(OS(=O)(=O)O)C1(C)C)c1csc(N)n1.O=C=O. The minimum atomic E-state index is -4.92. The first-order valence-electron chi connectivity index (χ1n) is 14.1. The second-order valence-corrected chi connectivity index (χ2v) is 12.8. The Labute approximate surface area is 274 Å². The molecule has 1 aliphatic heterocycles. The topological polar surface area (TPSA) is 240 Å². The lowest BCUT2D eigenvalue weighted by Gasteiger charge is -2.50. The molecule has 1 aromatic carbocycles. The molecule has 17 nitrogen and oxygen atoms in total. The van der Waals surface area contributed by atoms with Gasteiger partial charge in [0.2, 0.25) is 6.20 Å². The van der Waals surface area contributed by atoms with E-state index in [0.29, 0.717) is 17.4 Å². The van der Waals surface area contributed by atoms with Crippen LogP contribution in [0.3, 0.4) is 0 Å². The Morgan fingerprint density at radius 2 is 1.91 bits per heavy atom. The number of aromatic nitrogens is 3. The Morgan fingerprint density at radius 3 is 2.47 bits per heavy atom. The molecule has 1 amide bonds. The minimum absolute atomic E-state index is 0.115. The fraction of sp³-hybridized carbons (Fsp3) is 0.429. The van der Waals surface area contributed by atoms with Crippen molar-refractivity contribution in [3.8, 4) is 16.9 Å². The third-order valence-corrected chi connectivity index (χ3v) is 8.08. The number of carbonyl (C=O) groups is 2. The van der Waals surface area contributed by atoms with Crippen LogP contribution in [0.15, 0.2) is 47.2 Å². The zero-order valence-electron chi connectivity index (χ0n) is 26.1. The van der Waals surface area contributed by atoms with Gasteiger partial charge in [-0.3, -0.25) is 14.1 Å². The number of carbonyl (C=O) groups excluding carboxylic acids is 4. The quantitative estimate of drug-likeness (QED) is 0.0660. The van der Waals surface area contributed by atoms with Crippen molar-refractivity contribution in [1.29, 1.82) is 0 Å². The van der Waals surface area contributed by atoms with Crippen molar-refractivity contribution in [1.82, 2.24) is 14.7 Å². The van der Waals surface area contributed by atoms with E-state index < -0.39 is 39.7 Å². The number of benzene rings is 1. The Balaban J connectivity index is 0.00000192. The molecule has 0 bridgehead atoms. The van der Waals surface area contributed by atoms with E-state index in [1.807, 2.05) is 42.2 Å². The molecule has 1 fully saturated rings. The van der Waals surface area contributed by atoms with Gasteiger partial charge in [0.25, 0.3) is 5.91 Å². The standard InChI is InChI=1S/C27H35N7O8S2.CO2/c1-17(15-40-20-8-6-18(7-9-20)19-13-32(4)33(14-19)11-5-10-28)41-31-24(22-16-43-26(29)30-22)23(35)12-21-25(36)34(27(21,2)3)42-44(37,38)39;2-1-3/h6-9,13-14,16-17,21H,5,10-12,15,28H2,1-4H3,(H2-,29,30,37,38,39);/p+1/b31-24-;/t17-,21-;/m1./s1. The van der Waals surface area contributed by atoms with Gasteiger partial charge in [0.05, 0.1) is 29.8 Å². The number of amides is 1. The second kappa shape index (κ2) is 15.9. The number of nitrogens with zero attached hydrogens (tertiary/aromatic N) is 5. The predicted octanol–water partition coefficient (Wildman–Crippen LogP) is 0.902. The smallest absolute Gasteiger partial charge is 0.418 e. The largest absolute Gasteiger partial charge is 0.490 e. The van der Waals surface area contributed by atoms with Crippen LogP contribution in [0.5, 0.6) is 5.75 Å². The molecule has 19 heteroatoms. The minimum Gasteiger partial charge on any atom is -0.490 e. The second-order valence-electron chi connectivity index (χ2n) is 10.9. The number of ketones is 1. The average Bonchev–Trinajstić information content (AvgIpc) is 3.61. The number of oxime groups is 1. The highest BCUT2D eigenvalue weighted by Crippen LogP contribution is 2.40. The van der Waals surface area contributed by atoms with Gasteiger partial charge in [-0.2, -0.15) is 27.8 Å². The molecule has 1 aliphatic rings. The third-order valence-electron chi connectivity index (χ3n) is 7.07. The van der Waals surface area contributed by atoms with E-state index in [1.165, 1.54) is 19.2 Å². The summed E-state index contributed by atoms with van der Waals surface area (Å²) >= 11 is 1.10. The van der Waals surface area contributed by atoms with Crippen LogP contribution < -0.4 is 20.9 Å². The number of nitrogens with two attached hydrogens (primary N) is 2. The van der Waals surface area contributed by atoms with E-state index in [-0.39, 0.29) is 35.7 Å². The van der Waals surface area contributed by atoms with Crippen LogP contribution in [0.4, 0.5) is 5.13 Å². The van der Waals surface area contributed by atoms with E-state index in [9.17, 15) is 18.0 Å². The van der Waals surface area contributed by atoms with Crippen LogP contribution in [-0.2, 0) is 52.3 Å². The van der Waals surface area contributed by atoms with Gasteiger partial charge in [0, 0.05) is 11.8 Å². The highest BCUT2D eigenvalue weighted by Gasteiger charge is 2.57. The number of rotatable bonds is 15. The summed E-state index contributed by atoms with van der Waals surface area (Å²) in [4.78, 5) is 51.8. The van der Waals surface area contributed by atoms with Crippen molar-refractivity contribution in [2.45, 2.75) is 51.8 Å². The molecule has 3 heterocycles. The van der Waals surface area contributed by atoms with E-state index in [1.54, 1.807) is 6.92 Å². The molecule has 1 saturated heterocycles. The molecule has 0 saturated carbocycles. The Bertz CT molecular complexity index is 1730. The van der Waals surface area contributed by atoms with Gasteiger partial charge in [-0.25, -0.2) is 4.98 Å². The maximum atomic E-state index is 13.3. The van der Waals surface area contributed by atoms with Crippen molar-refractivity contribution in [3.63, 3.8) is 0 Å². The average molecular weight is 695 g/mol. The highest BCUT2D eigenvalue weighted by atomic mass is 32.3. The number of hydrogen-bond acceptors (Lipinski definition) is 14. The molecule has 0 radical (unpaired) electrons. The van der Waals surface area contributed by atoms with Crippen LogP contribution in [0.1, 0.15) is 39.3 Å². The maximum Gasteiger partial charge on any atom is 0.418 e. The molecule has 2 aromatic heterocycles. The Morgan fingerprint density at radius 1 is 1.26 bits per heavy atom. The van der Waals surface area contributed by atoms with Crippen LogP contribution >= 0.6 is 11.3 Å². The molecule has 3 aromatic rings. The van der Waals surface area contributed by atoms with Crippen molar-refractivity contribution >= 4 is 50.4 Å². The zero-order chi connectivity index (χ0) is 34.9. The molecule has 0 spiro atoms. The molecular weight excluding hydrogens is 658 g/mol. The van der Waals surface area contributed by atoms with Crippen LogP contribution in [-0.4, -0.2) is 76.0 Å². The van der Waals surface area contributed by atoms with E-state index in [0.717, 1.165) is 35.4 Å². The summed E-state index contributed by atoms with van der Waals surface area (Å²) in [5.41, 5.74) is 12.3. The Kier molecular flexibility index (Phi) is 12.5. The number of anilines is 1. The van der Waals surface area contributed by atoms with E-state index >= 15 is 0 Å². The lowest BCUT2D eigenvalue weighted by Crippen LogP contribution is -2.68. The number of nitrogen functional groups attached to an aromatic ring is 1. The first-order valence-corrected chi connectivity index (χ1v) is 16.3. The van der Waals surface area contributed by atoms with Crippen molar-refractivity contribution < 1.29 is 50.7 Å². The van der Waals surface area contributed by atoms with E-state index in [2.05, 4.69) is 25.3 Å². The summed E-state index contributed by atoms with van der Waals surface area (Å²) in [5, 5.41) is 6.29. The fourth-order valence-electron chi connectivity index (χ4n) is 4.60. The number of hydrogen-bond donors (Lipinski definition) is 3. The molecule has 0 unspecified atom stereocenters. The van der Waals surface area contributed by atoms with Crippen molar-refractivity contribution in [3.05, 3.63) is 47.7 Å². The van der Waals surface area contributed by atoms with Gasteiger partial charge >= 0.3 is 16.6 Å². The maximum absolute atomic E-state index is 13.3. The summed E-state index contributed by atoms with van der Waals surface area (Å²) in [7, 11) is -2.94. The normalized spacial score (nSPS) is 16.4. The molecule has 0 aliphatic carbocycles. The number of hydroxylamine groups is 2. The van der Waals surface area contributed by atoms with Gasteiger partial charge < -0.3 is 21.0 Å². The summed E-state index contributed by atoms with van der Waals surface area (Å²) in [6, 6.07) is 7.61. The summed E-state index contributed by atoms with van der Waals surface area (Å²) in [5.74, 6) is -1.70. The van der Waals surface area contributed by atoms with Crippen LogP contribution in [0.25, 0.3) is 11.1 Å². The summed E-state index contributed by atoms with van der Waals surface area (Å²) < 4.78 is 45.5. The highest BCUT2D eigenvalue weighted by molar-refractivity contribution is 7.80. The number of thiazole rings is 1. The zero-order valence-corrected chi connectivity index (χ0v) is 27.7. The lowest BCUT2D eigenvalue weighted by molar-refractivity contribution is -0.753. The van der Waals surface area contributed by atoms with Gasteiger partial charge in [0.1, 0.15) is 18.1 Å².